The molecule has 0 saturated carbocycles. The summed E-state index contributed by atoms with van der Waals surface area (Å²) in [5, 5.41) is 0. The van der Waals surface area contributed by atoms with Gasteiger partial charge in [0.05, 0.1) is 13.5 Å². The minimum atomic E-state index is -0.824. The zero-order chi connectivity index (χ0) is 17.0. The number of carbonyl (C=O) groups is 1. The summed E-state index contributed by atoms with van der Waals surface area (Å²) in [6, 6.07) is 20.1. The molecule has 3 rings (SSSR count). The van der Waals surface area contributed by atoms with Gasteiger partial charge in [0.2, 0.25) is 0 Å². The van der Waals surface area contributed by atoms with Crippen molar-refractivity contribution in [3.63, 3.8) is 0 Å². The first kappa shape index (κ1) is 16.7. The predicted octanol–water partition coefficient (Wildman–Crippen LogP) is 4.19. The third-order valence-electron chi connectivity index (χ3n) is 4.29. The van der Waals surface area contributed by atoms with Gasteiger partial charge in [-0.1, -0.05) is 60.7 Å². The lowest BCUT2D eigenvalue weighted by molar-refractivity contribution is -0.173. The highest BCUT2D eigenvalue weighted by atomic mass is 16.8. The van der Waals surface area contributed by atoms with Crippen LogP contribution in [0.1, 0.15) is 43.1 Å². The maximum Gasteiger partial charge on any atom is 0.305 e. The second-order valence-corrected chi connectivity index (χ2v) is 6.11. The molecule has 2 aromatic carbocycles. The molecule has 0 aliphatic carbocycles. The summed E-state index contributed by atoms with van der Waals surface area (Å²) in [5.74, 6) is -1.09. The molecule has 2 atom stereocenters. The zero-order valence-electron chi connectivity index (χ0n) is 14.0. The summed E-state index contributed by atoms with van der Waals surface area (Å²) < 4.78 is 17.3. The molecule has 0 N–H and O–H groups in total. The first-order valence-corrected chi connectivity index (χ1v) is 8.14. The molecule has 0 unspecified atom stereocenters. The summed E-state index contributed by atoms with van der Waals surface area (Å²) in [6.45, 7) is 1.88. The van der Waals surface area contributed by atoms with Gasteiger partial charge in [-0.15, -0.1) is 0 Å². The second-order valence-electron chi connectivity index (χ2n) is 6.11. The number of carbonyl (C=O) groups excluding carboxylic acids is 1. The molecular formula is C20H22O4. The Morgan fingerprint density at radius 2 is 1.42 bits per heavy atom. The van der Waals surface area contributed by atoms with E-state index < -0.39 is 5.79 Å². The lowest BCUT2D eigenvalue weighted by atomic mass is 9.99. The lowest BCUT2D eigenvalue weighted by Gasteiger charge is -2.22. The van der Waals surface area contributed by atoms with Crippen molar-refractivity contribution < 1.29 is 19.0 Å². The van der Waals surface area contributed by atoms with Crippen molar-refractivity contribution in [3.05, 3.63) is 71.8 Å². The van der Waals surface area contributed by atoms with Crippen LogP contribution in [0, 0.1) is 0 Å². The van der Waals surface area contributed by atoms with Crippen LogP contribution in [0.3, 0.4) is 0 Å². The van der Waals surface area contributed by atoms with Gasteiger partial charge in [0.15, 0.2) is 5.79 Å². The normalized spacial score (nSPS) is 22.2. The smallest absolute Gasteiger partial charge is 0.305 e. The Hall–Kier alpha value is -2.17. The lowest BCUT2D eigenvalue weighted by Crippen LogP contribution is -2.27. The van der Waals surface area contributed by atoms with E-state index in [1.807, 2.05) is 67.6 Å². The highest BCUT2D eigenvalue weighted by molar-refractivity contribution is 5.69. The van der Waals surface area contributed by atoms with Crippen LogP contribution in [0.25, 0.3) is 0 Å². The number of hydrogen-bond donors (Lipinski definition) is 0. The number of ether oxygens (including phenoxy) is 3. The fourth-order valence-electron chi connectivity index (χ4n) is 3.01. The van der Waals surface area contributed by atoms with Gasteiger partial charge in [0.25, 0.3) is 0 Å². The van der Waals surface area contributed by atoms with Crippen molar-refractivity contribution >= 4 is 5.97 Å². The average molecular weight is 326 g/mol. The van der Waals surface area contributed by atoms with Crippen LogP contribution in [0.15, 0.2) is 60.7 Å². The average Bonchev–Trinajstić information content (AvgIpc) is 2.99. The Balaban J connectivity index is 1.86. The fraction of sp³-hybridized carbons (Fsp3) is 0.350. The van der Waals surface area contributed by atoms with Crippen LogP contribution in [-0.2, 0) is 19.0 Å². The van der Waals surface area contributed by atoms with Gasteiger partial charge in [-0.2, -0.15) is 0 Å². The monoisotopic (exact) mass is 326 g/mol. The number of methoxy groups -OCH3 is 1. The van der Waals surface area contributed by atoms with E-state index in [0.717, 1.165) is 11.1 Å². The summed E-state index contributed by atoms with van der Waals surface area (Å²) in [6.07, 6.45) is 0.287. The van der Waals surface area contributed by atoms with Gasteiger partial charge in [0.1, 0.15) is 12.2 Å². The van der Waals surface area contributed by atoms with Crippen LogP contribution in [-0.4, -0.2) is 18.9 Å². The van der Waals surface area contributed by atoms with Crippen molar-refractivity contribution in [2.75, 3.05) is 7.11 Å². The largest absolute Gasteiger partial charge is 0.469 e. The molecule has 2 aromatic rings. The molecule has 4 heteroatoms. The standard InChI is InChI=1S/C20H22O4/c1-20(14-13-17(21)22-2)23-18(15-9-5-3-6-10-15)19(24-20)16-11-7-4-8-12-16/h3-12,18-19H,13-14H2,1-2H3/t18-,19-/m1/s1. The summed E-state index contributed by atoms with van der Waals surface area (Å²) in [7, 11) is 1.39. The molecule has 1 heterocycles. The van der Waals surface area contributed by atoms with Gasteiger partial charge in [0, 0.05) is 6.42 Å². The molecule has 0 amide bonds. The Kier molecular flexibility index (Phi) is 4.97. The van der Waals surface area contributed by atoms with E-state index in [-0.39, 0.29) is 24.6 Å². The molecule has 24 heavy (non-hydrogen) atoms. The summed E-state index contributed by atoms with van der Waals surface area (Å²) in [5.41, 5.74) is 2.13. The van der Waals surface area contributed by atoms with Crippen molar-refractivity contribution in [2.24, 2.45) is 0 Å². The fourth-order valence-corrected chi connectivity index (χ4v) is 3.01. The molecule has 4 nitrogen and oxygen atoms in total. The zero-order valence-corrected chi connectivity index (χ0v) is 14.0. The number of benzene rings is 2. The minimum absolute atomic E-state index is 0.212. The van der Waals surface area contributed by atoms with E-state index in [9.17, 15) is 4.79 Å². The molecule has 1 saturated heterocycles. The summed E-state index contributed by atoms with van der Waals surface area (Å²) >= 11 is 0. The Morgan fingerprint density at radius 1 is 0.958 bits per heavy atom. The molecule has 0 spiro atoms. The number of hydrogen-bond acceptors (Lipinski definition) is 4. The molecule has 0 radical (unpaired) electrons. The molecule has 0 bridgehead atoms. The van der Waals surface area contributed by atoms with Crippen LogP contribution in [0.4, 0.5) is 0 Å². The molecule has 126 valence electrons. The van der Waals surface area contributed by atoms with Gasteiger partial charge in [-0.05, 0) is 18.1 Å². The Labute approximate surface area is 142 Å². The third-order valence-corrected chi connectivity index (χ3v) is 4.29. The second kappa shape index (κ2) is 7.16. The highest BCUT2D eigenvalue weighted by Gasteiger charge is 2.45. The van der Waals surface area contributed by atoms with Crippen LogP contribution >= 0.6 is 0 Å². The Morgan fingerprint density at radius 3 is 1.83 bits per heavy atom. The quantitative estimate of drug-likeness (QED) is 0.773. The molecule has 1 aliphatic heterocycles. The Bertz CT molecular complexity index is 621. The van der Waals surface area contributed by atoms with Crippen molar-refractivity contribution in [1.82, 2.24) is 0 Å². The van der Waals surface area contributed by atoms with Gasteiger partial charge in [-0.3, -0.25) is 4.79 Å². The van der Waals surface area contributed by atoms with Gasteiger partial charge < -0.3 is 14.2 Å². The molecular weight excluding hydrogens is 304 g/mol. The topological polar surface area (TPSA) is 44.8 Å². The first-order chi connectivity index (χ1) is 11.6. The van der Waals surface area contributed by atoms with Gasteiger partial charge >= 0.3 is 5.97 Å². The van der Waals surface area contributed by atoms with Crippen LogP contribution in [0.2, 0.25) is 0 Å². The van der Waals surface area contributed by atoms with E-state index >= 15 is 0 Å². The van der Waals surface area contributed by atoms with Crippen molar-refractivity contribution in [1.29, 1.82) is 0 Å². The predicted molar refractivity (Wildman–Crippen MR) is 90.2 cm³/mol. The van der Waals surface area contributed by atoms with E-state index in [2.05, 4.69) is 0 Å². The van der Waals surface area contributed by atoms with Crippen molar-refractivity contribution in [3.8, 4) is 0 Å². The maximum absolute atomic E-state index is 11.5. The van der Waals surface area contributed by atoms with E-state index in [1.165, 1.54) is 7.11 Å². The molecule has 1 aliphatic rings. The highest BCUT2D eigenvalue weighted by Crippen LogP contribution is 2.48. The van der Waals surface area contributed by atoms with Crippen LogP contribution < -0.4 is 0 Å². The van der Waals surface area contributed by atoms with Crippen molar-refractivity contribution in [2.45, 2.75) is 37.8 Å². The van der Waals surface area contributed by atoms with Crippen LogP contribution in [0.5, 0.6) is 0 Å². The minimum Gasteiger partial charge on any atom is -0.469 e. The van der Waals surface area contributed by atoms with E-state index in [0.29, 0.717) is 6.42 Å². The third kappa shape index (κ3) is 3.66. The SMILES string of the molecule is COC(=O)CCC1(C)O[C@H](c2ccccc2)[C@@H](c2ccccc2)O1. The molecule has 1 fully saturated rings. The summed E-state index contributed by atoms with van der Waals surface area (Å²) in [4.78, 5) is 11.5. The first-order valence-electron chi connectivity index (χ1n) is 8.14. The number of rotatable bonds is 5. The molecule has 0 aromatic heterocycles. The van der Waals surface area contributed by atoms with Gasteiger partial charge in [-0.25, -0.2) is 0 Å². The maximum atomic E-state index is 11.5. The van der Waals surface area contributed by atoms with E-state index in [4.69, 9.17) is 14.2 Å². The van der Waals surface area contributed by atoms with E-state index in [1.54, 1.807) is 0 Å². The number of esters is 1.